The molecule has 1 saturated carbocycles. The molecule has 0 bridgehead atoms. The molecule has 1 aromatic heterocycles. The van der Waals surface area contributed by atoms with E-state index in [0.717, 1.165) is 25.7 Å². The Kier molecular flexibility index (Phi) is 4.52. The third kappa shape index (κ3) is 3.73. The van der Waals surface area contributed by atoms with Crippen LogP contribution < -0.4 is 5.32 Å². The predicted molar refractivity (Wildman–Crippen MR) is 78.5 cm³/mol. The predicted octanol–water partition coefficient (Wildman–Crippen LogP) is 1.47. The molecule has 0 atom stereocenters. The number of hydrogen-bond donors (Lipinski definition) is 1. The van der Waals surface area contributed by atoms with Gasteiger partial charge in [-0.25, -0.2) is 4.68 Å². The lowest BCUT2D eigenvalue weighted by Gasteiger charge is -2.22. The molecule has 1 aliphatic carbocycles. The maximum atomic E-state index is 12.1. The second-order valence-corrected chi connectivity index (χ2v) is 7.22. The molecule has 0 unspecified atom stereocenters. The molecule has 1 heterocycles. The highest BCUT2D eigenvalue weighted by molar-refractivity contribution is 7.99. The summed E-state index contributed by atoms with van der Waals surface area (Å²) in [6.45, 7) is 5.99. The van der Waals surface area contributed by atoms with Gasteiger partial charge in [0.05, 0.1) is 17.4 Å². The van der Waals surface area contributed by atoms with Gasteiger partial charge in [-0.05, 0) is 56.9 Å². The van der Waals surface area contributed by atoms with Crippen LogP contribution in [0.1, 0.15) is 46.5 Å². The Bertz CT molecular complexity index is 550. The van der Waals surface area contributed by atoms with Gasteiger partial charge >= 0.3 is 0 Å². The van der Waals surface area contributed by atoms with Gasteiger partial charge in [0.1, 0.15) is 5.54 Å². The Morgan fingerprint density at radius 2 is 2.14 bits per heavy atom. The van der Waals surface area contributed by atoms with Gasteiger partial charge in [0.25, 0.3) is 0 Å². The van der Waals surface area contributed by atoms with Crippen LogP contribution in [0.3, 0.4) is 0 Å². The van der Waals surface area contributed by atoms with Crippen LogP contribution in [0.5, 0.6) is 0 Å². The van der Waals surface area contributed by atoms with Crippen molar-refractivity contribution in [3.05, 3.63) is 0 Å². The minimum atomic E-state index is -0.673. The van der Waals surface area contributed by atoms with E-state index in [2.05, 4.69) is 26.9 Å². The van der Waals surface area contributed by atoms with Crippen molar-refractivity contribution in [1.29, 1.82) is 5.26 Å². The van der Waals surface area contributed by atoms with Crippen molar-refractivity contribution >= 4 is 17.7 Å². The number of thioether (sulfide) groups is 1. The van der Waals surface area contributed by atoms with E-state index >= 15 is 0 Å². The number of aromatic nitrogens is 4. The number of nitrogens with zero attached hydrogens (tertiary/aromatic N) is 5. The molecule has 1 N–H and O–H groups in total. The lowest BCUT2D eigenvalue weighted by molar-refractivity contribution is -0.119. The lowest BCUT2D eigenvalue weighted by Crippen LogP contribution is -2.45. The summed E-state index contributed by atoms with van der Waals surface area (Å²) in [6, 6.07) is 2.25. The first-order valence-electron chi connectivity index (χ1n) is 7.00. The van der Waals surface area contributed by atoms with E-state index in [4.69, 9.17) is 0 Å². The number of rotatable bonds is 4. The van der Waals surface area contributed by atoms with E-state index in [-0.39, 0.29) is 17.2 Å². The van der Waals surface area contributed by atoms with Crippen LogP contribution in [0.25, 0.3) is 0 Å². The van der Waals surface area contributed by atoms with Crippen molar-refractivity contribution in [3.8, 4) is 6.07 Å². The summed E-state index contributed by atoms with van der Waals surface area (Å²) >= 11 is 1.29. The summed E-state index contributed by atoms with van der Waals surface area (Å²) in [7, 11) is 0. The molecule has 0 aliphatic heterocycles. The van der Waals surface area contributed by atoms with Crippen molar-refractivity contribution in [3.63, 3.8) is 0 Å². The van der Waals surface area contributed by atoms with E-state index in [1.54, 1.807) is 4.68 Å². The minimum absolute atomic E-state index is 0.146. The average molecular weight is 308 g/mol. The summed E-state index contributed by atoms with van der Waals surface area (Å²) < 4.78 is 1.70. The van der Waals surface area contributed by atoms with E-state index in [1.165, 1.54) is 11.8 Å². The van der Waals surface area contributed by atoms with Gasteiger partial charge in [-0.1, -0.05) is 11.8 Å². The number of carbonyl (C=O) groups excluding carboxylic acids is 1. The zero-order valence-corrected chi connectivity index (χ0v) is 13.4. The molecule has 114 valence electrons. The molecule has 21 heavy (non-hydrogen) atoms. The molecule has 0 aromatic carbocycles. The molecular formula is C13H20N6OS. The van der Waals surface area contributed by atoms with Crippen molar-refractivity contribution < 1.29 is 4.79 Å². The second-order valence-electron chi connectivity index (χ2n) is 6.28. The van der Waals surface area contributed by atoms with E-state index in [9.17, 15) is 10.1 Å². The van der Waals surface area contributed by atoms with Gasteiger partial charge in [-0.2, -0.15) is 5.26 Å². The number of tetrazole rings is 1. The molecule has 0 spiro atoms. The highest BCUT2D eigenvalue weighted by Crippen LogP contribution is 2.29. The summed E-state index contributed by atoms with van der Waals surface area (Å²) in [6.07, 6.45) is 3.45. The Labute approximate surface area is 128 Å². The summed E-state index contributed by atoms with van der Waals surface area (Å²) in [5, 5.41) is 24.3. The Morgan fingerprint density at radius 1 is 1.48 bits per heavy atom. The molecule has 7 nitrogen and oxygen atoms in total. The zero-order valence-electron chi connectivity index (χ0n) is 12.6. The normalized spacial score (nSPS) is 17.4. The number of amides is 1. The molecule has 8 heteroatoms. The van der Waals surface area contributed by atoms with Gasteiger partial charge in [0.2, 0.25) is 11.1 Å². The SMILES string of the molecule is CC(C)(C)n1nnnc1SCC(=O)NC1(C#N)CCCC1. The van der Waals surface area contributed by atoms with Crippen molar-refractivity contribution in [2.75, 3.05) is 5.75 Å². The van der Waals surface area contributed by atoms with E-state index < -0.39 is 5.54 Å². The smallest absolute Gasteiger partial charge is 0.231 e. The number of nitrogens with one attached hydrogen (secondary N) is 1. The Hall–Kier alpha value is -1.62. The van der Waals surface area contributed by atoms with Crippen LogP contribution in [0.2, 0.25) is 0 Å². The second kappa shape index (κ2) is 6.02. The van der Waals surface area contributed by atoms with Crippen LogP contribution in [0.15, 0.2) is 5.16 Å². The number of hydrogen-bond acceptors (Lipinski definition) is 6. The van der Waals surface area contributed by atoms with Crippen LogP contribution in [-0.4, -0.2) is 37.4 Å². The third-order valence-electron chi connectivity index (χ3n) is 3.46. The van der Waals surface area contributed by atoms with Gasteiger partial charge in [0, 0.05) is 0 Å². The summed E-state index contributed by atoms with van der Waals surface area (Å²) in [5.41, 5.74) is -0.908. The number of carbonyl (C=O) groups is 1. The lowest BCUT2D eigenvalue weighted by atomic mass is 10.0. The largest absolute Gasteiger partial charge is 0.337 e. The molecule has 0 saturated heterocycles. The summed E-state index contributed by atoms with van der Waals surface area (Å²) in [4.78, 5) is 12.1. The van der Waals surface area contributed by atoms with Crippen molar-refractivity contribution in [2.24, 2.45) is 0 Å². The monoisotopic (exact) mass is 308 g/mol. The molecule has 0 radical (unpaired) electrons. The quantitative estimate of drug-likeness (QED) is 0.846. The van der Waals surface area contributed by atoms with E-state index in [1.807, 2.05) is 20.8 Å². The van der Waals surface area contributed by atoms with Gasteiger partial charge in [0.15, 0.2) is 0 Å². The molecule has 1 aliphatic rings. The van der Waals surface area contributed by atoms with Crippen LogP contribution in [0.4, 0.5) is 0 Å². The molecular weight excluding hydrogens is 288 g/mol. The van der Waals surface area contributed by atoms with Crippen molar-refractivity contribution in [1.82, 2.24) is 25.5 Å². The Balaban J connectivity index is 1.93. The molecule has 1 fully saturated rings. The first kappa shape index (κ1) is 15.8. The Morgan fingerprint density at radius 3 is 2.71 bits per heavy atom. The number of nitriles is 1. The highest BCUT2D eigenvalue weighted by Gasteiger charge is 2.35. The maximum Gasteiger partial charge on any atom is 0.231 e. The van der Waals surface area contributed by atoms with Crippen molar-refractivity contribution in [2.45, 2.75) is 62.7 Å². The fraction of sp³-hybridized carbons (Fsp3) is 0.769. The highest BCUT2D eigenvalue weighted by atomic mass is 32.2. The van der Waals surface area contributed by atoms with Crippen LogP contribution in [0, 0.1) is 11.3 Å². The fourth-order valence-electron chi connectivity index (χ4n) is 2.37. The fourth-order valence-corrected chi connectivity index (χ4v) is 3.23. The molecule has 2 rings (SSSR count). The molecule has 1 amide bonds. The van der Waals surface area contributed by atoms with Gasteiger partial charge in [-0.15, -0.1) is 5.10 Å². The summed E-state index contributed by atoms with van der Waals surface area (Å²) in [5.74, 6) is 0.0618. The van der Waals surface area contributed by atoms with Crippen LogP contribution in [-0.2, 0) is 10.3 Å². The maximum absolute atomic E-state index is 12.1. The zero-order chi connectivity index (χ0) is 15.5. The third-order valence-corrected chi connectivity index (χ3v) is 4.38. The van der Waals surface area contributed by atoms with Gasteiger partial charge < -0.3 is 5.32 Å². The topological polar surface area (TPSA) is 96.5 Å². The first-order valence-corrected chi connectivity index (χ1v) is 7.99. The van der Waals surface area contributed by atoms with E-state index in [0.29, 0.717) is 5.16 Å². The van der Waals surface area contributed by atoms with Gasteiger partial charge in [-0.3, -0.25) is 4.79 Å². The molecule has 1 aromatic rings. The first-order chi connectivity index (χ1) is 9.86. The minimum Gasteiger partial charge on any atom is -0.337 e. The average Bonchev–Trinajstić information content (AvgIpc) is 3.04. The van der Waals surface area contributed by atoms with Crippen LogP contribution >= 0.6 is 11.8 Å². The standard InChI is InChI=1S/C13H20N6OS/c1-12(2,3)19-11(16-17-18-19)21-8-10(20)15-13(9-14)6-4-5-7-13/h4-8H2,1-3H3,(H,15,20).